The van der Waals surface area contributed by atoms with Gasteiger partial charge in [-0.3, -0.25) is 4.98 Å². The highest BCUT2D eigenvalue weighted by molar-refractivity contribution is 5.94. The Morgan fingerprint density at radius 2 is 2.00 bits per heavy atom. The van der Waals surface area contributed by atoms with Gasteiger partial charge in [0, 0.05) is 11.6 Å². The molecular weight excluding hydrogens is 268 g/mol. The molecule has 4 rings (SSSR count). The molecule has 3 heterocycles. The van der Waals surface area contributed by atoms with Crippen LogP contribution in [-0.2, 0) is 0 Å². The first-order valence-electron chi connectivity index (χ1n) is 6.28. The zero-order valence-corrected chi connectivity index (χ0v) is 10.8. The third kappa shape index (κ3) is 1.83. The van der Waals surface area contributed by atoms with Crippen molar-refractivity contribution in [2.24, 2.45) is 0 Å². The van der Waals surface area contributed by atoms with Gasteiger partial charge in [-0.2, -0.15) is 4.98 Å². The van der Waals surface area contributed by atoms with E-state index in [2.05, 4.69) is 24.9 Å². The Morgan fingerprint density at radius 1 is 1.05 bits per heavy atom. The molecular formula is C14H10N6O. The predicted molar refractivity (Wildman–Crippen MR) is 77.9 cm³/mol. The van der Waals surface area contributed by atoms with Crippen LogP contribution in [-0.4, -0.2) is 24.9 Å². The number of imidazole rings is 1. The molecule has 0 aliphatic rings. The summed E-state index contributed by atoms with van der Waals surface area (Å²) in [6, 6.07) is 7.29. The van der Waals surface area contributed by atoms with Gasteiger partial charge >= 0.3 is 0 Å². The van der Waals surface area contributed by atoms with Gasteiger partial charge in [0.2, 0.25) is 5.88 Å². The van der Waals surface area contributed by atoms with Crippen LogP contribution in [0, 0.1) is 0 Å². The molecule has 0 spiro atoms. The number of anilines is 1. The molecule has 0 amide bonds. The van der Waals surface area contributed by atoms with Crippen LogP contribution in [0.2, 0.25) is 0 Å². The number of ether oxygens (including phenoxy) is 1. The number of pyridine rings is 1. The lowest BCUT2D eigenvalue weighted by atomic mass is 10.2. The summed E-state index contributed by atoms with van der Waals surface area (Å²) in [5, 5.41) is 0.823. The van der Waals surface area contributed by atoms with Crippen molar-refractivity contribution in [2.45, 2.75) is 0 Å². The lowest BCUT2D eigenvalue weighted by Crippen LogP contribution is -1.94. The number of fused-ring (bicyclic) bond motifs is 2. The second kappa shape index (κ2) is 4.41. The number of hydrogen-bond donors (Lipinski definition) is 2. The molecule has 4 aromatic rings. The number of nitrogen functional groups attached to an aromatic ring is 1. The van der Waals surface area contributed by atoms with E-state index in [0.29, 0.717) is 34.0 Å². The van der Waals surface area contributed by atoms with Crippen LogP contribution in [0.25, 0.3) is 22.1 Å². The molecule has 7 heteroatoms. The molecule has 1 aromatic carbocycles. The molecule has 0 aliphatic carbocycles. The van der Waals surface area contributed by atoms with E-state index < -0.39 is 0 Å². The molecule has 3 aromatic heterocycles. The summed E-state index contributed by atoms with van der Waals surface area (Å²) in [4.78, 5) is 19.5. The molecule has 102 valence electrons. The van der Waals surface area contributed by atoms with Crippen LogP contribution in [0.15, 0.2) is 43.1 Å². The average molecular weight is 278 g/mol. The molecule has 0 unspecified atom stereocenters. The number of aromatic amines is 1. The van der Waals surface area contributed by atoms with Crippen LogP contribution >= 0.6 is 0 Å². The number of nitrogens with zero attached hydrogens (tertiary/aromatic N) is 4. The van der Waals surface area contributed by atoms with E-state index >= 15 is 0 Å². The van der Waals surface area contributed by atoms with Gasteiger partial charge in [0.15, 0.2) is 5.65 Å². The van der Waals surface area contributed by atoms with Crippen molar-refractivity contribution in [1.82, 2.24) is 24.9 Å². The third-order valence-corrected chi connectivity index (χ3v) is 3.16. The van der Waals surface area contributed by atoms with Crippen molar-refractivity contribution in [1.29, 1.82) is 0 Å². The smallest absolute Gasteiger partial charge is 0.248 e. The number of benzene rings is 1. The molecule has 0 fully saturated rings. The second-order valence-corrected chi connectivity index (χ2v) is 4.43. The fourth-order valence-corrected chi connectivity index (χ4v) is 2.18. The van der Waals surface area contributed by atoms with Gasteiger partial charge in [-0.1, -0.05) is 0 Å². The summed E-state index contributed by atoms with van der Waals surface area (Å²) in [5.74, 6) is 1.04. The monoisotopic (exact) mass is 278 g/mol. The molecule has 0 saturated carbocycles. The summed E-state index contributed by atoms with van der Waals surface area (Å²) < 4.78 is 5.90. The van der Waals surface area contributed by atoms with Gasteiger partial charge in [0.1, 0.15) is 17.6 Å². The SMILES string of the molecule is Nc1ccc(Oc2ncnc3nc[nH]c23)c2cccnc12. The Labute approximate surface area is 118 Å². The van der Waals surface area contributed by atoms with E-state index in [-0.39, 0.29) is 0 Å². The van der Waals surface area contributed by atoms with Gasteiger partial charge in [0.05, 0.1) is 17.5 Å². The lowest BCUT2D eigenvalue weighted by molar-refractivity contribution is 0.472. The highest BCUT2D eigenvalue weighted by Crippen LogP contribution is 2.32. The highest BCUT2D eigenvalue weighted by atomic mass is 16.5. The number of nitrogens with two attached hydrogens (primary N) is 1. The second-order valence-electron chi connectivity index (χ2n) is 4.43. The Hall–Kier alpha value is -3.22. The lowest BCUT2D eigenvalue weighted by Gasteiger charge is -2.09. The summed E-state index contributed by atoms with van der Waals surface area (Å²) in [6.07, 6.45) is 4.66. The van der Waals surface area contributed by atoms with Gasteiger partial charge < -0.3 is 15.5 Å². The first-order chi connectivity index (χ1) is 10.3. The highest BCUT2D eigenvalue weighted by Gasteiger charge is 2.11. The molecule has 21 heavy (non-hydrogen) atoms. The number of hydrogen-bond acceptors (Lipinski definition) is 6. The van der Waals surface area contributed by atoms with Gasteiger partial charge in [0.25, 0.3) is 0 Å². The van der Waals surface area contributed by atoms with Crippen LogP contribution in [0.3, 0.4) is 0 Å². The van der Waals surface area contributed by atoms with Gasteiger partial charge in [-0.15, -0.1) is 0 Å². The number of H-pyrrole nitrogens is 1. The minimum atomic E-state index is 0.410. The zero-order valence-electron chi connectivity index (χ0n) is 10.8. The van der Waals surface area contributed by atoms with E-state index in [1.807, 2.05) is 12.1 Å². The summed E-state index contributed by atoms with van der Waals surface area (Å²) in [6.45, 7) is 0. The van der Waals surface area contributed by atoms with Crippen LogP contribution < -0.4 is 10.5 Å². The summed E-state index contributed by atoms with van der Waals surface area (Å²) in [5.41, 5.74) is 8.43. The fourth-order valence-electron chi connectivity index (χ4n) is 2.18. The number of aromatic nitrogens is 5. The summed E-state index contributed by atoms with van der Waals surface area (Å²) >= 11 is 0. The van der Waals surface area contributed by atoms with E-state index in [4.69, 9.17) is 10.5 Å². The van der Waals surface area contributed by atoms with Crippen molar-refractivity contribution >= 4 is 27.8 Å². The van der Waals surface area contributed by atoms with E-state index in [1.54, 1.807) is 24.7 Å². The molecule has 0 radical (unpaired) electrons. The molecule has 0 aliphatic heterocycles. The van der Waals surface area contributed by atoms with E-state index in [9.17, 15) is 0 Å². The third-order valence-electron chi connectivity index (χ3n) is 3.16. The van der Waals surface area contributed by atoms with Crippen molar-refractivity contribution in [2.75, 3.05) is 5.73 Å². The molecule has 7 nitrogen and oxygen atoms in total. The Morgan fingerprint density at radius 3 is 2.95 bits per heavy atom. The fraction of sp³-hybridized carbons (Fsp3) is 0. The van der Waals surface area contributed by atoms with Crippen LogP contribution in [0.5, 0.6) is 11.6 Å². The normalized spacial score (nSPS) is 11.0. The van der Waals surface area contributed by atoms with Crippen molar-refractivity contribution in [3.8, 4) is 11.6 Å². The average Bonchev–Trinajstić information content (AvgIpc) is 3.00. The Balaban J connectivity index is 1.88. The molecule has 0 atom stereocenters. The number of rotatable bonds is 2. The van der Waals surface area contributed by atoms with E-state index in [1.165, 1.54) is 6.33 Å². The Bertz CT molecular complexity index is 948. The standard InChI is InChI=1S/C14H10N6O/c15-9-3-4-10(8-2-1-5-16-11(8)9)21-14-12-13(18-6-17-12)19-7-20-14/h1-7H,15H2,(H,17,18,19,20). The minimum absolute atomic E-state index is 0.410. The first-order valence-corrected chi connectivity index (χ1v) is 6.28. The zero-order chi connectivity index (χ0) is 14.2. The van der Waals surface area contributed by atoms with Gasteiger partial charge in [-0.25, -0.2) is 9.97 Å². The predicted octanol–water partition coefficient (Wildman–Crippen LogP) is 2.28. The maximum absolute atomic E-state index is 5.93. The quantitative estimate of drug-likeness (QED) is 0.545. The van der Waals surface area contributed by atoms with Crippen molar-refractivity contribution in [3.63, 3.8) is 0 Å². The maximum atomic E-state index is 5.93. The molecule has 3 N–H and O–H groups in total. The topological polar surface area (TPSA) is 103 Å². The van der Waals surface area contributed by atoms with Crippen LogP contribution in [0.1, 0.15) is 0 Å². The molecule has 0 saturated heterocycles. The van der Waals surface area contributed by atoms with Crippen LogP contribution in [0.4, 0.5) is 5.69 Å². The summed E-state index contributed by atoms with van der Waals surface area (Å²) in [7, 11) is 0. The van der Waals surface area contributed by atoms with E-state index in [0.717, 1.165) is 5.39 Å². The number of nitrogens with one attached hydrogen (secondary N) is 1. The largest absolute Gasteiger partial charge is 0.436 e. The van der Waals surface area contributed by atoms with Gasteiger partial charge in [-0.05, 0) is 24.3 Å². The maximum Gasteiger partial charge on any atom is 0.248 e. The van der Waals surface area contributed by atoms with Crippen molar-refractivity contribution < 1.29 is 4.74 Å². The molecule has 0 bridgehead atoms. The first kappa shape index (κ1) is 11.6. The minimum Gasteiger partial charge on any atom is -0.436 e. The van der Waals surface area contributed by atoms with Crippen molar-refractivity contribution in [3.05, 3.63) is 43.1 Å². The Kier molecular flexibility index (Phi) is 2.43.